The Bertz CT molecular complexity index is 568. The number of benzene rings is 1. The molecule has 1 unspecified atom stereocenters. The third-order valence-corrected chi connectivity index (χ3v) is 4.67. The SMILES string of the molecule is CN(Cc1ccc(Cl)s1)C(CN)c1c(F)cccc1Cl. The van der Waals surface area contributed by atoms with Gasteiger partial charge in [-0.2, -0.15) is 0 Å². The summed E-state index contributed by atoms with van der Waals surface area (Å²) in [5, 5.41) is 0.400. The summed E-state index contributed by atoms with van der Waals surface area (Å²) in [6, 6.07) is 8.21. The van der Waals surface area contributed by atoms with E-state index in [1.54, 1.807) is 12.1 Å². The Balaban J connectivity index is 2.23. The van der Waals surface area contributed by atoms with Gasteiger partial charge < -0.3 is 5.73 Å². The number of rotatable bonds is 5. The number of nitrogens with two attached hydrogens (primary N) is 1. The number of hydrogen-bond acceptors (Lipinski definition) is 3. The number of nitrogens with zero attached hydrogens (tertiary/aromatic N) is 1. The van der Waals surface area contributed by atoms with Crippen LogP contribution in [-0.4, -0.2) is 18.5 Å². The molecule has 6 heteroatoms. The second-order valence-electron chi connectivity index (χ2n) is 4.51. The Morgan fingerprint density at radius 1 is 1.30 bits per heavy atom. The van der Waals surface area contributed by atoms with E-state index in [4.69, 9.17) is 28.9 Å². The summed E-state index contributed by atoms with van der Waals surface area (Å²) >= 11 is 13.5. The molecule has 1 atom stereocenters. The van der Waals surface area contributed by atoms with E-state index >= 15 is 0 Å². The molecule has 2 rings (SSSR count). The van der Waals surface area contributed by atoms with Gasteiger partial charge in [0.2, 0.25) is 0 Å². The highest BCUT2D eigenvalue weighted by Gasteiger charge is 2.22. The normalized spacial score (nSPS) is 12.9. The van der Waals surface area contributed by atoms with Crippen LogP contribution in [0.3, 0.4) is 0 Å². The lowest BCUT2D eigenvalue weighted by Gasteiger charge is -2.27. The van der Waals surface area contributed by atoms with Crippen molar-refractivity contribution in [3.63, 3.8) is 0 Å². The van der Waals surface area contributed by atoms with Crippen LogP contribution in [0.5, 0.6) is 0 Å². The zero-order valence-electron chi connectivity index (χ0n) is 10.9. The fourth-order valence-corrected chi connectivity index (χ4v) is 3.58. The first kappa shape index (κ1) is 15.7. The average molecular weight is 333 g/mol. The van der Waals surface area contributed by atoms with Crippen molar-refractivity contribution < 1.29 is 4.39 Å². The van der Waals surface area contributed by atoms with E-state index in [-0.39, 0.29) is 18.4 Å². The van der Waals surface area contributed by atoms with Crippen molar-refractivity contribution in [3.8, 4) is 0 Å². The van der Waals surface area contributed by atoms with Gasteiger partial charge in [-0.25, -0.2) is 4.39 Å². The van der Waals surface area contributed by atoms with Crippen LogP contribution in [0.25, 0.3) is 0 Å². The maximum Gasteiger partial charge on any atom is 0.129 e. The minimum atomic E-state index is -0.330. The van der Waals surface area contributed by atoms with E-state index in [0.29, 0.717) is 17.1 Å². The van der Waals surface area contributed by atoms with Gasteiger partial charge in [0.1, 0.15) is 5.82 Å². The molecule has 0 fully saturated rings. The monoisotopic (exact) mass is 332 g/mol. The van der Waals surface area contributed by atoms with Crippen LogP contribution in [-0.2, 0) is 6.54 Å². The standard InChI is InChI=1S/C14H15Cl2FN2S/c1-19(8-9-5-6-13(16)20-9)12(7-18)14-10(15)3-2-4-11(14)17/h2-6,12H,7-8,18H2,1H3. The molecule has 2 nitrogen and oxygen atoms in total. The van der Waals surface area contributed by atoms with E-state index in [1.165, 1.54) is 17.4 Å². The highest BCUT2D eigenvalue weighted by molar-refractivity contribution is 7.16. The first-order chi connectivity index (χ1) is 9.52. The molecule has 0 aliphatic carbocycles. The Labute approximate surface area is 131 Å². The average Bonchev–Trinajstić information content (AvgIpc) is 2.79. The van der Waals surface area contributed by atoms with Gasteiger partial charge in [0.25, 0.3) is 0 Å². The first-order valence-electron chi connectivity index (χ1n) is 6.11. The molecule has 20 heavy (non-hydrogen) atoms. The Morgan fingerprint density at radius 2 is 2.05 bits per heavy atom. The molecule has 2 N–H and O–H groups in total. The fourth-order valence-electron chi connectivity index (χ4n) is 2.14. The van der Waals surface area contributed by atoms with Gasteiger partial charge in [-0.15, -0.1) is 11.3 Å². The smallest absolute Gasteiger partial charge is 0.129 e. The van der Waals surface area contributed by atoms with Crippen molar-refractivity contribution in [2.24, 2.45) is 5.73 Å². The molecule has 2 aromatic rings. The number of thiophene rings is 1. The van der Waals surface area contributed by atoms with Gasteiger partial charge in [-0.3, -0.25) is 4.90 Å². The van der Waals surface area contributed by atoms with Gasteiger partial charge in [0.15, 0.2) is 0 Å². The van der Waals surface area contributed by atoms with Gasteiger partial charge in [0.05, 0.1) is 10.4 Å². The van der Waals surface area contributed by atoms with Gasteiger partial charge in [-0.1, -0.05) is 29.3 Å². The molecule has 0 bridgehead atoms. The third kappa shape index (κ3) is 3.51. The summed E-state index contributed by atoms with van der Waals surface area (Å²) in [5.74, 6) is -0.330. The predicted molar refractivity (Wildman–Crippen MR) is 84.0 cm³/mol. The summed E-state index contributed by atoms with van der Waals surface area (Å²) in [6.07, 6.45) is 0. The van der Waals surface area contributed by atoms with Crippen LogP contribution in [0.15, 0.2) is 30.3 Å². The minimum absolute atomic E-state index is 0.274. The highest BCUT2D eigenvalue weighted by Crippen LogP contribution is 2.31. The lowest BCUT2D eigenvalue weighted by Crippen LogP contribution is -2.30. The quantitative estimate of drug-likeness (QED) is 0.883. The number of halogens is 3. The highest BCUT2D eigenvalue weighted by atomic mass is 35.5. The molecule has 0 saturated carbocycles. The summed E-state index contributed by atoms with van der Waals surface area (Å²) in [6.45, 7) is 0.931. The fraction of sp³-hybridized carbons (Fsp3) is 0.286. The molecule has 0 aliphatic heterocycles. The molecule has 1 aromatic carbocycles. The van der Waals surface area contributed by atoms with E-state index < -0.39 is 0 Å². The van der Waals surface area contributed by atoms with Crippen LogP contribution in [0.1, 0.15) is 16.5 Å². The minimum Gasteiger partial charge on any atom is -0.329 e. The molecular formula is C14H15Cl2FN2S. The molecular weight excluding hydrogens is 318 g/mol. The number of hydrogen-bond donors (Lipinski definition) is 1. The van der Waals surface area contributed by atoms with E-state index in [2.05, 4.69) is 0 Å². The number of likely N-dealkylation sites (N-methyl/N-ethyl adjacent to an activating group) is 1. The topological polar surface area (TPSA) is 29.3 Å². The Kier molecular flexibility index (Phi) is 5.41. The zero-order chi connectivity index (χ0) is 14.7. The van der Waals surface area contributed by atoms with E-state index in [9.17, 15) is 4.39 Å². The maximum absolute atomic E-state index is 14.0. The first-order valence-corrected chi connectivity index (χ1v) is 7.68. The third-order valence-electron chi connectivity index (χ3n) is 3.12. The largest absolute Gasteiger partial charge is 0.329 e. The van der Waals surface area contributed by atoms with E-state index in [0.717, 1.165) is 9.21 Å². The van der Waals surface area contributed by atoms with Crippen LogP contribution >= 0.6 is 34.5 Å². The Morgan fingerprint density at radius 3 is 2.60 bits per heavy atom. The molecule has 0 aliphatic rings. The summed E-state index contributed by atoms with van der Waals surface area (Å²) < 4.78 is 14.7. The molecule has 0 radical (unpaired) electrons. The summed E-state index contributed by atoms with van der Waals surface area (Å²) in [4.78, 5) is 3.08. The van der Waals surface area contributed by atoms with Crippen LogP contribution in [0.4, 0.5) is 4.39 Å². The van der Waals surface area contributed by atoms with Crippen LogP contribution in [0.2, 0.25) is 9.36 Å². The van der Waals surface area contributed by atoms with Crippen LogP contribution < -0.4 is 5.73 Å². The van der Waals surface area contributed by atoms with Crippen molar-refractivity contribution in [2.45, 2.75) is 12.6 Å². The van der Waals surface area contributed by atoms with Gasteiger partial charge >= 0.3 is 0 Å². The second kappa shape index (κ2) is 6.87. The molecule has 1 heterocycles. The van der Waals surface area contributed by atoms with E-state index in [1.807, 2.05) is 24.1 Å². The lowest BCUT2D eigenvalue weighted by molar-refractivity contribution is 0.239. The second-order valence-corrected chi connectivity index (χ2v) is 6.71. The van der Waals surface area contributed by atoms with Crippen molar-refractivity contribution in [3.05, 3.63) is 55.9 Å². The molecule has 0 amide bonds. The molecule has 0 spiro atoms. The lowest BCUT2D eigenvalue weighted by atomic mass is 10.0. The van der Waals surface area contributed by atoms with Crippen LogP contribution in [0, 0.1) is 5.82 Å². The molecule has 108 valence electrons. The van der Waals surface area contributed by atoms with Crippen molar-refractivity contribution in [1.29, 1.82) is 0 Å². The predicted octanol–water partition coefficient (Wildman–Crippen LogP) is 4.33. The maximum atomic E-state index is 14.0. The van der Waals surface area contributed by atoms with Gasteiger partial charge in [0, 0.05) is 28.6 Å². The molecule has 1 aromatic heterocycles. The Hall–Kier alpha value is -0.650. The van der Waals surface area contributed by atoms with Crippen molar-refractivity contribution >= 4 is 34.5 Å². The van der Waals surface area contributed by atoms with Crippen molar-refractivity contribution in [2.75, 3.05) is 13.6 Å². The van der Waals surface area contributed by atoms with Gasteiger partial charge in [-0.05, 0) is 31.3 Å². The summed E-state index contributed by atoms with van der Waals surface area (Å²) in [7, 11) is 1.90. The summed E-state index contributed by atoms with van der Waals surface area (Å²) in [5.41, 5.74) is 6.26. The van der Waals surface area contributed by atoms with Crippen molar-refractivity contribution in [1.82, 2.24) is 4.90 Å². The zero-order valence-corrected chi connectivity index (χ0v) is 13.3. The molecule has 0 saturated heterocycles.